The number of hydrogen-bond acceptors (Lipinski definition) is 4. The van der Waals surface area contributed by atoms with Crippen LogP contribution < -0.4 is 9.64 Å². The Hall–Kier alpha value is -3.05. The van der Waals surface area contributed by atoms with Crippen molar-refractivity contribution >= 4 is 35.4 Å². The van der Waals surface area contributed by atoms with E-state index in [1.165, 1.54) is 40.1 Å². The van der Waals surface area contributed by atoms with Crippen LogP contribution in [0.5, 0.6) is 5.75 Å². The van der Waals surface area contributed by atoms with Gasteiger partial charge in [-0.1, -0.05) is 119 Å². The van der Waals surface area contributed by atoms with Gasteiger partial charge in [-0.25, -0.2) is 6.54 Å². The molecule has 0 unspecified atom stereocenters. The monoisotopic (exact) mass is 775 g/mol. The molecule has 0 saturated carbocycles. The molecule has 5 nitrogen and oxygen atoms in total. The molecule has 258 valence electrons. The molecule has 1 heterocycles. The van der Waals surface area contributed by atoms with E-state index < -0.39 is 18.4 Å². The van der Waals surface area contributed by atoms with Crippen LogP contribution in [0.25, 0.3) is 0 Å². The van der Waals surface area contributed by atoms with Gasteiger partial charge in [-0.2, -0.15) is 0 Å². The Morgan fingerprint density at radius 3 is 1.85 bits per heavy atom. The molecule has 1 aliphatic rings. The van der Waals surface area contributed by atoms with Crippen LogP contribution in [-0.4, -0.2) is 15.6 Å². The van der Waals surface area contributed by atoms with Gasteiger partial charge in [0, 0.05) is 11.2 Å². The summed E-state index contributed by atoms with van der Waals surface area (Å²) in [5.74, 6) is 1.49. The molecule has 0 spiro atoms. The SMILES string of the molecule is CC(C)Oc1ccc([N+](=O)[O-])cc1[CH]=[Ru]([Cl])[Cl].CC(C)c1cccc(C(C)C)c1N1[CH-][C@](C)(c2ccccc2)C[C@@]1(C)c1ccccc1. The molecular formula is C40H47Cl2N2O3Ru-. The zero-order chi connectivity index (χ0) is 35.2. The third kappa shape index (κ3) is 8.75. The van der Waals surface area contributed by atoms with E-state index in [9.17, 15) is 10.1 Å². The van der Waals surface area contributed by atoms with Crippen molar-refractivity contribution in [1.82, 2.24) is 0 Å². The molecule has 1 aliphatic heterocycles. The summed E-state index contributed by atoms with van der Waals surface area (Å²) in [6.45, 7) is 20.4. The van der Waals surface area contributed by atoms with E-state index in [-0.39, 0.29) is 22.7 Å². The second-order valence-corrected chi connectivity index (χ2v) is 19.4. The molecule has 0 aliphatic carbocycles. The number of para-hydroxylation sites is 1. The molecule has 8 heteroatoms. The van der Waals surface area contributed by atoms with Crippen molar-refractivity contribution < 1.29 is 23.2 Å². The molecule has 0 radical (unpaired) electrons. The van der Waals surface area contributed by atoms with Crippen LogP contribution in [0.4, 0.5) is 11.4 Å². The van der Waals surface area contributed by atoms with Crippen molar-refractivity contribution in [1.29, 1.82) is 0 Å². The number of ether oxygens (including phenoxy) is 1. The number of anilines is 1. The quantitative estimate of drug-likeness (QED) is 0.0735. The Morgan fingerprint density at radius 1 is 0.833 bits per heavy atom. The van der Waals surface area contributed by atoms with Gasteiger partial charge in [-0.05, 0) is 41.9 Å². The van der Waals surface area contributed by atoms with E-state index in [4.69, 9.17) is 24.1 Å². The van der Waals surface area contributed by atoms with Gasteiger partial charge in [-0.3, -0.25) is 0 Å². The molecule has 4 aromatic carbocycles. The zero-order valence-electron chi connectivity index (χ0n) is 29.1. The van der Waals surface area contributed by atoms with E-state index in [1.807, 2.05) is 13.8 Å². The van der Waals surface area contributed by atoms with Crippen LogP contribution in [0, 0.1) is 16.7 Å². The second-order valence-electron chi connectivity index (χ2n) is 13.6. The number of nitro groups is 1. The molecule has 4 aromatic rings. The van der Waals surface area contributed by atoms with Crippen molar-refractivity contribution in [2.45, 2.75) is 90.7 Å². The molecule has 2 atom stereocenters. The van der Waals surface area contributed by atoms with Crippen LogP contribution in [0.2, 0.25) is 0 Å². The van der Waals surface area contributed by atoms with Gasteiger partial charge >= 0.3 is 112 Å². The maximum Gasteiger partial charge on any atom is 0.0330 e. The van der Waals surface area contributed by atoms with Crippen molar-refractivity contribution in [3.05, 3.63) is 142 Å². The van der Waals surface area contributed by atoms with Crippen LogP contribution in [0.1, 0.15) is 101 Å². The summed E-state index contributed by atoms with van der Waals surface area (Å²) < 4.78 is 7.17. The van der Waals surface area contributed by atoms with E-state index in [0.717, 1.165) is 6.42 Å². The minimum atomic E-state index is -2.05. The van der Waals surface area contributed by atoms with Crippen LogP contribution in [0.15, 0.2) is 97.1 Å². The Balaban J connectivity index is 0.000000260. The second kappa shape index (κ2) is 16.1. The van der Waals surface area contributed by atoms with Crippen LogP contribution in [-0.2, 0) is 24.5 Å². The summed E-state index contributed by atoms with van der Waals surface area (Å²) in [7, 11) is 11.6. The maximum atomic E-state index is 10.7. The minimum Gasteiger partial charge on any atom is -0.513 e. The Morgan fingerprint density at radius 2 is 1.38 bits per heavy atom. The average molecular weight is 776 g/mol. The predicted octanol–water partition coefficient (Wildman–Crippen LogP) is 11.6. The number of halogens is 2. The van der Waals surface area contributed by atoms with Gasteiger partial charge in [0.1, 0.15) is 0 Å². The van der Waals surface area contributed by atoms with Crippen LogP contribution in [0.3, 0.4) is 0 Å². The Labute approximate surface area is 299 Å². The molecule has 0 bridgehead atoms. The first-order valence-electron chi connectivity index (χ1n) is 16.3. The summed E-state index contributed by atoms with van der Waals surface area (Å²) in [6.07, 6.45) is 1.02. The van der Waals surface area contributed by atoms with E-state index >= 15 is 0 Å². The first-order valence-corrected chi connectivity index (χ1v) is 21.8. The number of hydrogen-bond donors (Lipinski definition) is 0. The van der Waals surface area contributed by atoms with Gasteiger partial charge in [0.25, 0.3) is 0 Å². The van der Waals surface area contributed by atoms with Crippen molar-refractivity contribution in [2.75, 3.05) is 4.90 Å². The van der Waals surface area contributed by atoms with Gasteiger partial charge in [0.15, 0.2) is 0 Å². The fourth-order valence-corrected chi connectivity index (χ4v) is 8.37. The minimum absolute atomic E-state index is 0.00360. The molecule has 0 aromatic heterocycles. The smallest absolute Gasteiger partial charge is 0.0330 e. The van der Waals surface area contributed by atoms with Crippen molar-refractivity contribution in [3.8, 4) is 5.75 Å². The molecule has 0 N–H and O–H groups in total. The summed E-state index contributed by atoms with van der Waals surface area (Å²) >= 11 is -2.05. The van der Waals surface area contributed by atoms with Gasteiger partial charge < -0.3 is 4.90 Å². The number of nitrogens with zero attached hydrogens (tertiary/aromatic N) is 2. The van der Waals surface area contributed by atoms with Gasteiger partial charge in [0.2, 0.25) is 0 Å². The molecule has 5 rings (SSSR count). The number of non-ortho nitro benzene ring substituents is 1. The zero-order valence-corrected chi connectivity index (χ0v) is 32.3. The summed E-state index contributed by atoms with van der Waals surface area (Å²) in [4.78, 5) is 12.8. The first-order chi connectivity index (χ1) is 22.7. The van der Waals surface area contributed by atoms with Gasteiger partial charge in [0.05, 0.1) is 0 Å². The Bertz CT molecular complexity index is 1700. The molecular weight excluding hydrogens is 728 g/mol. The Kier molecular flexibility index (Phi) is 12.7. The van der Waals surface area contributed by atoms with E-state index in [1.54, 1.807) is 10.7 Å². The number of benzene rings is 4. The summed E-state index contributed by atoms with van der Waals surface area (Å²) in [6, 6.07) is 33.3. The summed E-state index contributed by atoms with van der Waals surface area (Å²) in [5, 5.41) is 10.7. The molecule has 0 amide bonds. The number of nitro benzene ring substituents is 1. The standard InChI is InChI=1S/C30H36N.C10H11NO3.2ClH.Ru/c1-22(2)26-18-13-19-27(23(3)4)28(26)31-21-29(5,24-14-9-7-10-15-24)20-30(31,6)25-16-11-8-12-17-25;1-7(2)14-10-5-4-9(11(12)13)6-8(10)3;;;/h7-19,21-23H,20H2,1-6H3;3-7H,1-2H3;2*1H;/q-1;;;;+2/p-2/t29-,30+;;;;/m1..../s1. The largest absolute Gasteiger partial charge is 0.513 e. The fourth-order valence-electron chi connectivity index (χ4n) is 6.58. The first kappa shape index (κ1) is 37.8. The third-order valence-corrected chi connectivity index (χ3v) is 10.7. The fraction of sp³-hybridized carbons (Fsp3) is 0.350. The third-order valence-electron chi connectivity index (χ3n) is 8.82. The molecule has 48 heavy (non-hydrogen) atoms. The van der Waals surface area contributed by atoms with Crippen molar-refractivity contribution in [3.63, 3.8) is 0 Å². The predicted molar refractivity (Wildman–Crippen MR) is 199 cm³/mol. The summed E-state index contributed by atoms with van der Waals surface area (Å²) in [5.41, 5.74) is 7.44. The normalized spacial score (nSPS) is 19.3. The molecule has 1 saturated heterocycles. The van der Waals surface area contributed by atoms with Crippen molar-refractivity contribution in [2.24, 2.45) is 0 Å². The average Bonchev–Trinajstić information content (AvgIpc) is 3.34. The molecule has 1 fully saturated rings. The van der Waals surface area contributed by atoms with Gasteiger partial charge in [-0.15, -0.1) is 5.41 Å². The number of rotatable bonds is 9. The van der Waals surface area contributed by atoms with E-state index in [0.29, 0.717) is 23.1 Å². The van der Waals surface area contributed by atoms with E-state index in [2.05, 4.69) is 132 Å². The van der Waals surface area contributed by atoms with Crippen LogP contribution >= 0.6 is 19.4 Å². The topological polar surface area (TPSA) is 55.6 Å². The maximum absolute atomic E-state index is 10.7.